The summed E-state index contributed by atoms with van der Waals surface area (Å²) >= 11 is 0. The van der Waals surface area contributed by atoms with Gasteiger partial charge in [-0.2, -0.15) is 0 Å². The summed E-state index contributed by atoms with van der Waals surface area (Å²) < 4.78 is 33.8. The number of hydrogen-bond acceptors (Lipinski definition) is 3. The lowest BCUT2D eigenvalue weighted by Crippen LogP contribution is -2.42. The first-order valence-electron chi connectivity index (χ1n) is 10.3. The molecule has 1 heterocycles. The summed E-state index contributed by atoms with van der Waals surface area (Å²) in [6.07, 6.45) is 3.64. The van der Waals surface area contributed by atoms with E-state index in [0.717, 1.165) is 37.8 Å². The maximum atomic E-state index is 14.0. The number of halogens is 2. The molecule has 2 amide bonds. The van der Waals surface area contributed by atoms with Crippen LogP contribution in [-0.2, 0) is 0 Å². The summed E-state index contributed by atoms with van der Waals surface area (Å²) in [6.45, 7) is 1.19. The minimum atomic E-state index is -0.848. The van der Waals surface area contributed by atoms with Gasteiger partial charge in [-0.15, -0.1) is 0 Å². The van der Waals surface area contributed by atoms with Gasteiger partial charge in [-0.05, 0) is 56.0 Å². The number of amides is 2. The van der Waals surface area contributed by atoms with E-state index in [2.05, 4.69) is 5.32 Å². The van der Waals surface area contributed by atoms with Gasteiger partial charge in [0.05, 0.1) is 6.61 Å². The van der Waals surface area contributed by atoms with Gasteiger partial charge >= 0.3 is 0 Å². The van der Waals surface area contributed by atoms with Crippen molar-refractivity contribution in [2.75, 3.05) is 19.7 Å². The molecule has 7 heteroatoms. The predicted octanol–water partition coefficient (Wildman–Crippen LogP) is 3.79. The summed E-state index contributed by atoms with van der Waals surface area (Å²) in [7, 11) is 0. The van der Waals surface area contributed by atoms with Crippen LogP contribution in [0.4, 0.5) is 8.78 Å². The lowest BCUT2D eigenvalue weighted by Gasteiger charge is -2.32. The number of carbonyl (C=O) groups excluding carboxylic acids is 2. The first-order valence-corrected chi connectivity index (χ1v) is 10.3. The molecule has 158 valence electrons. The Balaban J connectivity index is 1.35. The average Bonchev–Trinajstić information content (AvgIpc) is 3.56. The molecule has 1 saturated carbocycles. The van der Waals surface area contributed by atoms with Crippen LogP contribution >= 0.6 is 0 Å². The summed E-state index contributed by atoms with van der Waals surface area (Å²) in [4.78, 5) is 26.3. The first-order chi connectivity index (χ1) is 14.5. The van der Waals surface area contributed by atoms with Gasteiger partial charge in [0.15, 0.2) is 0 Å². The number of hydrogen-bond donors (Lipinski definition) is 1. The van der Waals surface area contributed by atoms with Crippen molar-refractivity contribution in [3.8, 4) is 5.75 Å². The van der Waals surface area contributed by atoms with E-state index >= 15 is 0 Å². The lowest BCUT2D eigenvalue weighted by atomic mass is 9.98. The van der Waals surface area contributed by atoms with Crippen LogP contribution < -0.4 is 10.1 Å². The minimum Gasteiger partial charge on any atom is -0.493 e. The van der Waals surface area contributed by atoms with Gasteiger partial charge in [0, 0.05) is 30.6 Å². The second kappa shape index (κ2) is 8.81. The van der Waals surface area contributed by atoms with Crippen molar-refractivity contribution in [3.05, 3.63) is 65.2 Å². The highest BCUT2D eigenvalue weighted by Crippen LogP contribution is 2.24. The molecule has 0 unspecified atom stereocenters. The maximum Gasteiger partial charge on any atom is 0.259 e. The van der Waals surface area contributed by atoms with Crippen LogP contribution in [0.3, 0.4) is 0 Å². The summed E-state index contributed by atoms with van der Waals surface area (Å²) in [6, 6.07) is 10.7. The van der Waals surface area contributed by atoms with Crippen LogP contribution in [0.1, 0.15) is 46.4 Å². The maximum absolute atomic E-state index is 14.0. The van der Waals surface area contributed by atoms with Crippen LogP contribution in [0.25, 0.3) is 0 Å². The minimum absolute atomic E-state index is 0.0430. The van der Waals surface area contributed by atoms with Gasteiger partial charge in [0.2, 0.25) is 0 Å². The van der Waals surface area contributed by atoms with Gasteiger partial charge in [0.25, 0.3) is 11.8 Å². The molecule has 1 aliphatic heterocycles. The Kier molecular flexibility index (Phi) is 5.97. The molecule has 0 spiro atoms. The smallest absolute Gasteiger partial charge is 0.259 e. The predicted molar refractivity (Wildman–Crippen MR) is 107 cm³/mol. The van der Waals surface area contributed by atoms with Crippen molar-refractivity contribution >= 4 is 11.8 Å². The molecule has 0 aromatic heterocycles. The van der Waals surface area contributed by atoms with Crippen molar-refractivity contribution in [1.29, 1.82) is 0 Å². The van der Waals surface area contributed by atoms with Crippen LogP contribution in [0.5, 0.6) is 5.75 Å². The van der Waals surface area contributed by atoms with Crippen LogP contribution in [-0.4, -0.2) is 42.5 Å². The number of rotatable bonds is 6. The Bertz CT molecular complexity index is 926. The molecule has 1 saturated heterocycles. The lowest BCUT2D eigenvalue weighted by molar-refractivity contribution is 0.0623. The van der Waals surface area contributed by atoms with E-state index in [4.69, 9.17) is 4.74 Å². The number of piperidine rings is 1. The van der Waals surface area contributed by atoms with E-state index < -0.39 is 23.1 Å². The monoisotopic (exact) mass is 414 g/mol. The third-order valence-electron chi connectivity index (χ3n) is 5.48. The molecule has 2 fully saturated rings. The molecular formula is C23H24F2N2O3. The molecule has 2 aromatic rings. The number of ether oxygens (including phenoxy) is 1. The second-order valence-corrected chi connectivity index (χ2v) is 7.94. The molecule has 1 N–H and O–H groups in total. The fraction of sp³-hybridized carbons (Fsp3) is 0.391. The molecule has 5 nitrogen and oxygen atoms in total. The number of carbonyl (C=O) groups is 2. The Hall–Kier alpha value is -2.96. The van der Waals surface area contributed by atoms with Crippen LogP contribution in [0.2, 0.25) is 0 Å². The first kappa shape index (κ1) is 20.3. The van der Waals surface area contributed by atoms with E-state index in [1.807, 2.05) is 0 Å². The zero-order chi connectivity index (χ0) is 21.1. The van der Waals surface area contributed by atoms with Crippen LogP contribution in [0, 0.1) is 17.6 Å². The highest BCUT2D eigenvalue weighted by atomic mass is 19.1. The van der Waals surface area contributed by atoms with Gasteiger partial charge in [-0.1, -0.05) is 12.1 Å². The molecule has 2 aromatic carbocycles. The summed E-state index contributed by atoms with van der Waals surface area (Å²) in [5.41, 5.74) is 0.0447. The zero-order valence-electron chi connectivity index (χ0n) is 16.6. The molecule has 1 atom stereocenters. The number of nitrogens with one attached hydrogen (secondary N) is 1. The fourth-order valence-electron chi connectivity index (χ4n) is 3.68. The Morgan fingerprint density at radius 1 is 1.07 bits per heavy atom. The van der Waals surface area contributed by atoms with Crippen molar-refractivity contribution < 1.29 is 23.1 Å². The van der Waals surface area contributed by atoms with Gasteiger partial charge in [-0.3, -0.25) is 9.59 Å². The zero-order valence-corrected chi connectivity index (χ0v) is 16.6. The molecule has 0 bridgehead atoms. The molecule has 4 rings (SSSR count). The third-order valence-corrected chi connectivity index (χ3v) is 5.48. The molecule has 0 radical (unpaired) electrons. The fourth-order valence-corrected chi connectivity index (χ4v) is 3.68. The number of likely N-dealkylation sites (tertiary alicyclic amines) is 1. The van der Waals surface area contributed by atoms with Crippen molar-refractivity contribution in [2.24, 2.45) is 5.92 Å². The normalized spacial score (nSPS) is 18.7. The number of benzene rings is 2. The summed E-state index contributed by atoms with van der Waals surface area (Å²) in [5, 5.41) is 2.95. The Labute approximate surface area is 174 Å². The molecular weight excluding hydrogens is 390 g/mol. The Morgan fingerprint density at radius 3 is 2.53 bits per heavy atom. The third kappa shape index (κ3) is 4.78. The number of nitrogens with zero attached hydrogens (tertiary/aromatic N) is 1. The van der Waals surface area contributed by atoms with Crippen molar-refractivity contribution in [2.45, 2.75) is 31.7 Å². The van der Waals surface area contributed by atoms with E-state index in [9.17, 15) is 18.4 Å². The van der Waals surface area contributed by atoms with E-state index in [1.54, 1.807) is 24.3 Å². The van der Waals surface area contributed by atoms with Crippen molar-refractivity contribution in [1.82, 2.24) is 10.2 Å². The van der Waals surface area contributed by atoms with Gasteiger partial charge in [0.1, 0.15) is 22.9 Å². The largest absolute Gasteiger partial charge is 0.493 e. The van der Waals surface area contributed by atoms with E-state index in [0.29, 0.717) is 31.0 Å². The van der Waals surface area contributed by atoms with Crippen molar-refractivity contribution in [3.63, 3.8) is 0 Å². The highest BCUT2D eigenvalue weighted by molar-refractivity contribution is 5.95. The standard InChI is InChI=1S/C23H24F2N2O3/c24-19-7-2-8-20(25)21(19)23(29)27-11-3-4-15(13-27)14-30-18-6-1-5-16(12-18)22(28)26-17-9-10-17/h1-2,5-8,12,15,17H,3-4,9-11,13-14H2,(H,26,28)/t15-/m0/s1. The Morgan fingerprint density at radius 2 is 1.80 bits per heavy atom. The van der Waals surface area contributed by atoms with Crippen LogP contribution in [0.15, 0.2) is 42.5 Å². The SMILES string of the molecule is O=C(NC1CC1)c1cccc(OC[C@H]2CCCN(C(=O)c3c(F)cccc3F)C2)c1. The van der Waals surface area contributed by atoms with E-state index in [1.165, 1.54) is 11.0 Å². The molecule has 2 aliphatic rings. The van der Waals surface area contributed by atoms with Gasteiger partial charge in [-0.25, -0.2) is 8.78 Å². The highest BCUT2D eigenvalue weighted by Gasteiger charge is 2.28. The molecule has 30 heavy (non-hydrogen) atoms. The average molecular weight is 414 g/mol. The van der Waals surface area contributed by atoms with E-state index in [-0.39, 0.29) is 17.9 Å². The molecule has 1 aliphatic carbocycles. The summed E-state index contributed by atoms with van der Waals surface area (Å²) in [5.74, 6) is -1.80. The quantitative estimate of drug-likeness (QED) is 0.783. The second-order valence-electron chi connectivity index (χ2n) is 7.94. The van der Waals surface area contributed by atoms with Gasteiger partial charge < -0.3 is 15.0 Å². The topological polar surface area (TPSA) is 58.6 Å².